The summed E-state index contributed by atoms with van der Waals surface area (Å²) >= 11 is 3.01. The van der Waals surface area contributed by atoms with E-state index in [1.807, 2.05) is 0 Å². The Kier molecular flexibility index (Phi) is 4.45. The van der Waals surface area contributed by atoms with Gasteiger partial charge in [-0.3, -0.25) is 4.98 Å². The van der Waals surface area contributed by atoms with Crippen molar-refractivity contribution < 1.29 is 18.3 Å². The molecule has 1 heterocycles. The molecule has 106 valence electrons. The molecule has 0 bridgehead atoms. The molecule has 2 rings (SSSR count). The van der Waals surface area contributed by atoms with E-state index in [0.717, 1.165) is 6.07 Å². The third-order valence-electron chi connectivity index (χ3n) is 2.81. The molecule has 0 aliphatic rings. The molecule has 0 amide bonds. The monoisotopic (exact) mass is 345 g/mol. The second-order valence-corrected chi connectivity index (χ2v) is 5.19. The van der Waals surface area contributed by atoms with Gasteiger partial charge in [0.15, 0.2) is 0 Å². The van der Waals surface area contributed by atoms with Crippen molar-refractivity contribution in [2.24, 2.45) is 0 Å². The molecular weight excluding hydrogens is 335 g/mol. The first-order chi connectivity index (χ1) is 9.38. The van der Waals surface area contributed by atoms with Crippen LogP contribution in [0.2, 0.25) is 0 Å². The topological polar surface area (TPSA) is 33.1 Å². The smallest absolute Gasteiger partial charge is 0.388 e. The molecule has 0 fully saturated rings. The van der Waals surface area contributed by atoms with Crippen LogP contribution in [0.15, 0.2) is 47.1 Å². The fraction of sp³-hybridized carbons (Fsp3) is 0.214. The molecule has 6 heteroatoms. The number of rotatable bonds is 3. The van der Waals surface area contributed by atoms with Crippen LogP contribution in [-0.4, -0.2) is 10.1 Å². The van der Waals surface area contributed by atoms with E-state index in [2.05, 4.69) is 20.9 Å². The Morgan fingerprint density at radius 2 is 1.95 bits per heavy atom. The van der Waals surface area contributed by atoms with Crippen LogP contribution in [-0.2, 0) is 12.6 Å². The average Bonchev–Trinajstić information content (AvgIpc) is 2.38. The van der Waals surface area contributed by atoms with E-state index in [-0.39, 0.29) is 12.0 Å². The van der Waals surface area contributed by atoms with Gasteiger partial charge in [0.05, 0.1) is 11.7 Å². The normalized spacial score (nSPS) is 13.2. The minimum atomic E-state index is -4.51. The van der Waals surface area contributed by atoms with Gasteiger partial charge in [0, 0.05) is 22.8 Å². The van der Waals surface area contributed by atoms with Crippen LogP contribution in [0.4, 0.5) is 13.2 Å². The van der Waals surface area contributed by atoms with Crippen LogP contribution in [0.3, 0.4) is 0 Å². The summed E-state index contributed by atoms with van der Waals surface area (Å²) < 4.78 is 39.3. The molecule has 0 radical (unpaired) electrons. The largest absolute Gasteiger partial charge is 0.416 e. The van der Waals surface area contributed by atoms with Gasteiger partial charge in [0.25, 0.3) is 0 Å². The van der Waals surface area contributed by atoms with E-state index < -0.39 is 17.8 Å². The van der Waals surface area contributed by atoms with Gasteiger partial charge in [0.2, 0.25) is 0 Å². The van der Waals surface area contributed by atoms with Crippen LogP contribution in [0.25, 0.3) is 0 Å². The lowest BCUT2D eigenvalue weighted by Crippen LogP contribution is -2.13. The number of hydrogen-bond acceptors (Lipinski definition) is 2. The van der Waals surface area contributed by atoms with Crippen LogP contribution >= 0.6 is 15.9 Å². The van der Waals surface area contributed by atoms with Gasteiger partial charge in [-0.15, -0.1) is 0 Å². The van der Waals surface area contributed by atoms with E-state index >= 15 is 0 Å². The van der Waals surface area contributed by atoms with Gasteiger partial charge < -0.3 is 5.11 Å². The SMILES string of the molecule is OC(Cc1ccccn1)c1ccc(Br)cc1C(F)(F)F. The van der Waals surface area contributed by atoms with Crippen molar-refractivity contribution in [2.45, 2.75) is 18.7 Å². The summed E-state index contributed by atoms with van der Waals surface area (Å²) in [6.45, 7) is 0. The maximum Gasteiger partial charge on any atom is 0.416 e. The number of pyridine rings is 1. The summed E-state index contributed by atoms with van der Waals surface area (Å²) in [5.41, 5.74) is -0.447. The molecule has 1 unspecified atom stereocenters. The van der Waals surface area contributed by atoms with E-state index in [0.29, 0.717) is 10.2 Å². The van der Waals surface area contributed by atoms with Gasteiger partial charge in [-0.2, -0.15) is 13.2 Å². The Morgan fingerprint density at radius 1 is 1.20 bits per heavy atom. The molecular formula is C14H11BrF3NO. The molecule has 0 saturated heterocycles. The second kappa shape index (κ2) is 5.93. The highest BCUT2D eigenvalue weighted by Crippen LogP contribution is 2.37. The molecule has 20 heavy (non-hydrogen) atoms. The zero-order valence-corrected chi connectivity index (χ0v) is 11.8. The maximum atomic E-state index is 13.0. The van der Waals surface area contributed by atoms with Crippen LogP contribution in [0.1, 0.15) is 22.9 Å². The summed E-state index contributed by atoms with van der Waals surface area (Å²) in [5, 5.41) is 10.1. The highest BCUT2D eigenvalue weighted by molar-refractivity contribution is 9.10. The minimum Gasteiger partial charge on any atom is -0.388 e. The maximum absolute atomic E-state index is 13.0. The van der Waals surface area contributed by atoms with Crippen LogP contribution in [0.5, 0.6) is 0 Å². The lowest BCUT2D eigenvalue weighted by molar-refractivity contribution is -0.139. The number of alkyl halides is 3. The fourth-order valence-corrected chi connectivity index (χ4v) is 2.25. The van der Waals surface area contributed by atoms with Gasteiger partial charge in [-0.05, 0) is 29.8 Å². The number of halogens is 4. The van der Waals surface area contributed by atoms with Crippen molar-refractivity contribution in [3.05, 3.63) is 63.9 Å². The summed E-state index contributed by atoms with van der Waals surface area (Å²) in [4.78, 5) is 4.00. The minimum absolute atomic E-state index is 0.0333. The number of aromatic nitrogens is 1. The van der Waals surface area contributed by atoms with Crippen molar-refractivity contribution >= 4 is 15.9 Å². The first-order valence-electron chi connectivity index (χ1n) is 5.82. The van der Waals surface area contributed by atoms with E-state index in [9.17, 15) is 18.3 Å². The first kappa shape index (κ1) is 15.0. The number of nitrogens with zero attached hydrogens (tertiary/aromatic N) is 1. The molecule has 0 aliphatic heterocycles. The summed E-state index contributed by atoms with van der Waals surface area (Å²) in [5.74, 6) is 0. The molecule has 1 aromatic heterocycles. The Morgan fingerprint density at radius 3 is 2.55 bits per heavy atom. The Bertz CT molecular complexity index is 587. The van der Waals surface area contributed by atoms with E-state index in [1.165, 1.54) is 18.3 Å². The van der Waals surface area contributed by atoms with Crippen molar-refractivity contribution in [2.75, 3.05) is 0 Å². The number of aliphatic hydroxyl groups is 1. The van der Waals surface area contributed by atoms with Crippen molar-refractivity contribution in [1.82, 2.24) is 4.98 Å². The summed E-state index contributed by atoms with van der Waals surface area (Å²) in [6.07, 6.45) is -4.20. The molecule has 0 aliphatic carbocycles. The average molecular weight is 346 g/mol. The highest BCUT2D eigenvalue weighted by atomic mass is 79.9. The molecule has 1 atom stereocenters. The zero-order chi connectivity index (χ0) is 14.8. The molecule has 2 nitrogen and oxygen atoms in total. The Labute approximate surface area is 122 Å². The van der Waals surface area contributed by atoms with Crippen LogP contribution < -0.4 is 0 Å². The lowest BCUT2D eigenvalue weighted by Gasteiger charge is -2.17. The lowest BCUT2D eigenvalue weighted by atomic mass is 9.98. The van der Waals surface area contributed by atoms with Crippen molar-refractivity contribution in [3.8, 4) is 0 Å². The molecule has 2 aromatic rings. The van der Waals surface area contributed by atoms with Gasteiger partial charge in [0.1, 0.15) is 0 Å². The predicted molar refractivity (Wildman–Crippen MR) is 72.0 cm³/mol. The van der Waals surface area contributed by atoms with E-state index in [1.54, 1.807) is 18.2 Å². The Balaban J connectivity index is 2.32. The quantitative estimate of drug-likeness (QED) is 0.906. The van der Waals surface area contributed by atoms with Crippen LogP contribution in [0, 0.1) is 0 Å². The third kappa shape index (κ3) is 3.58. The Hall–Kier alpha value is -1.40. The van der Waals surface area contributed by atoms with Crippen molar-refractivity contribution in [1.29, 1.82) is 0 Å². The highest BCUT2D eigenvalue weighted by Gasteiger charge is 2.35. The van der Waals surface area contributed by atoms with Gasteiger partial charge in [-0.1, -0.05) is 28.1 Å². The summed E-state index contributed by atoms with van der Waals surface area (Å²) in [7, 11) is 0. The summed E-state index contributed by atoms with van der Waals surface area (Å²) in [6, 6.07) is 8.82. The van der Waals surface area contributed by atoms with Crippen molar-refractivity contribution in [3.63, 3.8) is 0 Å². The zero-order valence-electron chi connectivity index (χ0n) is 10.2. The first-order valence-corrected chi connectivity index (χ1v) is 6.62. The van der Waals surface area contributed by atoms with Gasteiger partial charge >= 0.3 is 6.18 Å². The molecule has 1 N–H and O–H groups in total. The molecule has 1 aromatic carbocycles. The standard InChI is InChI=1S/C14H11BrF3NO/c15-9-4-5-11(12(7-9)14(16,17)18)13(20)8-10-3-1-2-6-19-10/h1-7,13,20H,8H2. The second-order valence-electron chi connectivity index (χ2n) is 4.27. The predicted octanol–water partition coefficient (Wildman–Crippen LogP) is 4.14. The fourth-order valence-electron chi connectivity index (χ4n) is 1.89. The molecule has 0 saturated carbocycles. The van der Waals surface area contributed by atoms with Gasteiger partial charge in [-0.25, -0.2) is 0 Å². The third-order valence-corrected chi connectivity index (χ3v) is 3.30. The molecule has 0 spiro atoms. The number of aliphatic hydroxyl groups excluding tert-OH is 1. The van der Waals surface area contributed by atoms with E-state index in [4.69, 9.17) is 0 Å². The number of hydrogen-bond donors (Lipinski definition) is 1. The number of benzene rings is 1.